The highest BCUT2D eigenvalue weighted by Crippen LogP contribution is 2.26. The van der Waals surface area contributed by atoms with Crippen LogP contribution in [0.15, 0.2) is 88.8 Å². The minimum atomic E-state index is -3.66. The average molecular weight is 490 g/mol. The highest BCUT2D eigenvalue weighted by atomic mass is 32.2. The number of aryl methyl sites for hydroxylation is 1. The molecule has 0 radical (unpaired) electrons. The molecule has 8 nitrogen and oxygen atoms in total. The highest BCUT2D eigenvalue weighted by molar-refractivity contribution is 7.91. The van der Waals surface area contributed by atoms with Crippen LogP contribution in [0, 0.1) is 6.92 Å². The monoisotopic (exact) mass is 489 g/mol. The van der Waals surface area contributed by atoms with Gasteiger partial charge in [-0.2, -0.15) is 4.68 Å². The molecule has 1 atom stereocenters. The van der Waals surface area contributed by atoms with E-state index in [1.54, 1.807) is 28.9 Å². The second-order valence-corrected chi connectivity index (χ2v) is 10.5. The van der Waals surface area contributed by atoms with Gasteiger partial charge >= 0.3 is 0 Å². The van der Waals surface area contributed by atoms with E-state index in [-0.39, 0.29) is 10.9 Å². The van der Waals surface area contributed by atoms with Crippen LogP contribution in [0.25, 0.3) is 11.0 Å². The molecule has 35 heavy (non-hydrogen) atoms. The number of aliphatic imine (C=N–C) groups is 1. The van der Waals surface area contributed by atoms with Crippen molar-refractivity contribution in [1.29, 1.82) is 0 Å². The van der Waals surface area contributed by atoms with Crippen LogP contribution in [0.4, 0.5) is 0 Å². The molecule has 0 saturated carbocycles. The fraction of sp³-hybridized carbons (Fsp3) is 0.269. The Morgan fingerprint density at radius 3 is 2.40 bits per heavy atom. The van der Waals surface area contributed by atoms with Gasteiger partial charge in [0.2, 0.25) is 0 Å². The summed E-state index contributed by atoms with van der Waals surface area (Å²) in [4.78, 5) is 7.25. The Labute approximate surface area is 204 Å². The molecule has 0 amide bonds. The average Bonchev–Trinajstić information content (AvgIpc) is 3.32. The van der Waals surface area contributed by atoms with E-state index in [0.717, 1.165) is 22.2 Å². The quantitative estimate of drug-likeness (QED) is 0.304. The second kappa shape index (κ2) is 10.1. The van der Waals surface area contributed by atoms with E-state index in [1.165, 1.54) is 0 Å². The maximum Gasteiger partial charge on any atom is 0.198 e. The number of morpholine rings is 1. The molecule has 5 rings (SSSR count). The number of para-hydroxylation sites is 1. The molecule has 1 aromatic heterocycles. The Hall–Kier alpha value is -3.40. The van der Waals surface area contributed by atoms with Crippen LogP contribution < -0.4 is 0 Å². The van der Waals surface area contributed by atoms with Gasteiger partial charge in [0.15, 0.2) is 9.84 Å². The maximum atomic E-state index is 13.2. The lowest BCUT2D eigenvalue weighted by molar-refractivity contribution is 0.0280. The van der Waals surface area contributed by atoms with Crippen molar-refractivity contribution < 1.29 is 13.2 Å². The molecule has 1 unspecified atom stereocenters. The lowest BCUT2D eigenvalue weighted by Crippen LogP contribution is -2.44. The van der Waals surface area contributed by atoms with E-state index in [2.05, 4.69) is 15.2 Å². The van der Waals surface area contributed by atoms with Crippen molar-refractivity contribution in [3.8, 4) is 0 Å². The van der Waals surface area contributed by atoms with Crippen LogP contribution in [0.3, 0.4) is 0 Å². The summed E-state index contributed by atoms with van der Waals surface area (Å²) in [6.07, 6.45) is 0. The third kappa shape index (κ3) is 5.02. The zero-order chi connectivity index (χ0) is 24.3. The number of rotatable bonds is 6. The van der Waals surface area contributed by atoms with Crippen LogP contribution in [0.1, 0.15) is 17.2 Å². The smallest absolute Gasteiger partial charge is 0.198 e. The molecular formula is C26H27N5O3S. The van der Waals surface area contributed by atoms with Crippen LogP contribution in [-0.4, -0.2) is 66.3 Å². The first-order chi connectivity index (χ1) is 17.0. The van der Waals surface area contributed by atoms with Crippen molar-refractivity contribution in [2.75, 3.05) is 32.2 Å². The van der Waals surface area contributed by atoms with Gasteiger partial charge in [-0.3, -0.25) is 9.89 Å². The summed E-state index contributed by atoms with van der Waals surface area (Å²) in [5.74, 6) is 0.121. The minimum Gasteiger partial charge on any atom is -0.379 e. The van der Waals surface area contributed by atoms with Crippen molar-refractivity contribution in [3.63, 3.8) is 0 Å². The summed E-state index contributed by atoms with van der Waals surface area (Å²) >= 11 is 0. The Morgan fingerprint density at radius 2 is 1.66 bits per heavy atom. The third-order valence-corrected chi connectivity index (χ3v) is 7.58. The number of hydrogen-bond acceptors (Lipinski definition) is 7. The zero-order valence-electron chi connectivity index (χ0n) is 19.5. The lowest BCUT2D eigenvalue weighted by Gasteiger charge is -2.35. The molecule has 180 valence electrons. The predicted molar refractivity (Wildman–Crippen MR) is 135 cm³/mol. The van der Waals surface area contributed by atoms with E-state index < -0.39 is 15.7 Å². The van der Waals surface area contributed by atoms with E-state index >= 15 is 0 Å². The molecule has 0 spiro atoms. The SMILES string of the molecule is Cc1ccc(S(=O)(=O)C/N=C(/C(c2ccccc2)N2CCOCC2)n2nnc3ccccc32)cc1. The van der Waals surface area contributed by atoms with Crippen LogP contribution in [0.2, 0.25) is 0 Å². The molecule has 0 bridgehead atoms. The summed E-state index contributed by atoms with van der Waals surface area (Å²) in [6.45, 7) is 4.49. The van der Waals surface area contributed by atoms with Gasteiger partial charge in [-0.1, -0.05) is 65.4 Å². The van der Waals surface area contributed by atoms with Gasteiger partial charge in [0.1, 0.15) is 17.2 Å². The molecule has 2 heterocycles. The molecule has 0 N–H and O–H groups in total. The van der Waals surface area contributed by atoms with Gasteiger partial charge < -0.3 is 4.74 Å². The second-order valence-electron chi connectivity index (χ2n) is 8.52. The first-order valence-electron chi connectivity index (χ1n) is 11.5. The number of nitrogens with zero attached hydrogens (tertiary/aromatic N) is 5. The van der Waals surface area contributed by atoms with Crippen LogP contribution in [0.5, 0.6) is 0 Å². The summed E-state index contributed by atoms with van der Waals surface area (Å²) in [5.41, 5.74) is 3.49. The van der Waals surface area contributed by atoms with Crippen molar-refractivity contribution >= 4 is 26.7 Å². The Balaban J connectivity index is 1.64. The van der Waals surface area contributed by atoms with Gasteiger partial charge in [-0.25, -0.2) is 8.42 Å². The van der Waals surface area contributed by atoms with Crippen molar-refractivity contribution in [1.82, 2.24) is 19.9 Å². The van der Waals surface area contributed by atoms with E-state index in [0.29, 0.717) is 32.1 Å². The van der Waals surface area contributed by atoms with Gasteiger partial charge in [0.25, 0.3) is 0 Å². The maximum absolute atomic E-state index is 13.2. The summed E-state index contributed by atoms with van der Waals surface area (Å²) in [6, 6.07) is 24.1. The van der Waals surface area contributed by atoms with E-state index in [9.17, 15) is 8.42 Å². The summed E-state index contributed by atoms with van der Waals surface area (Å²) in [5, 5.41) is 8.72. The predicted octanol–water partition coefficient (Wildman–Crippen LogP) is 3.49. The lowest BCUT2D eigenvalue weighted by atomic mass is 10.0. The largest absolute Gasteiger partial charge is 0.379 e. The summed E-state index contributed by atoms with van der Waals surface area (Å²) < 4.78 is 33.7. The first kappa shape index (κ1) is 23.3. The first-order valence-corrected chi connectivity index (χ1v) is 13.2. The third-order valence-electron chi connectivity index (χ3n) is 6.12. The molecular weight excluding hydrogens is 462 g/mol. The zero-order valence-corrected chi connectivity index (χ0v) is 20.3. The van der Waals surface area contributed by atoms with Gasteiger partial charge in [0.05, 0.1) is 29.7 Å². The number of fused-ring (bicyclic) bond motifs is 1. The molecule has 0 aliphatic carbocycles. The normalized spacial score (nSPS) is 16.4. The topological polar surface area (TPSA) is 89.7 Å². The van der Waals surface area contributed by atoms with E-state index in [1.807, 2.05) is 61.5 Å². The van der Waals surface area contributed by atoms with E-state index in [4.69, 9.17) is 9.73 Å². The van der Waals surface area contributed by atoms with Gasteiger partial charge in [-0.15, -0.1) is 5.10 Å². The van der Waals surface area contributed by atoms with Crippen LogP contribution >= 0.6 is 0 Å². The molecule has 9 heteroatoms. The minimum absolute atomic E-state index is 0.247. The van der Waals surface area contributed by atoms with Crippen molar-refractivity contribution in [2.24, 2.45) is 4.99 Å². The number of hydrogen-bond donors (Lipinski definition) is 0. The Bertz CT molecular complexity index is 1430. The van der Waals surface area contributed by atoms with Crippen LogP contribution in [-0.2, 0) is 14.6 Å². The number of benzene rings is 3. The molecule has 1 aliphatic rings. The molecule has 1 saturated heterocycles. The molecule has 1 aliphatic heterocycles. The summed E-state index contributed by atoms with van der Waals surface area (Å²) in [7, 11) is -3.66. The standard InChI is InChI=1S/C26H27N5O3S/c1-20-11-13-22(14-12-20)35(32,33)19-27-26(31-24-10-6-5-9-23(24)28-29-31)25(21-7-3-2-4-8-21)30-15-17-34-18-16-30/h2-14,25H,15-19H2,1H3/b27-26-. The van der Waals surface area contributed by atoms with Crippen molar-refractivity contribution in [2.45, 2.75) is 17.9 Å². The molecule has 1 fully saturated rings. The highest BCUT2D eigenvalue weighted by Gasteiger charge is 2.30. The fourth-order valence-corrected chi connectivity index (χ4v) is 5.27. The number of ether oxygens (including phenoxy) is 1. The fourth-order valence-electron chi connectivity index (χ4n) is 4.27. The Morgan fingerprint density at radius 1 is 0.971 bits per heavy atom. The number of aromatic nitrogens is 3. The molecule has 3 aromatic carbocycles. The molecule has 4 aromatic rings. The Kier molecular flexibility index (Phi) is 6.72. The van der Waals surface area contributed by atoms with Gasteiger partial charge in [-0.05, 0) is 36.8 Å². The van der Waals surface area contributed by atoms with Gasteiger partial charge in [0, 0.05) is 13.1 Å². The number of sulfone groups is 1. The van der Waals surface area contributed by atoms with Crippen molar-refractivity contribution in [3.05, 3.63) is 90.0 Å².